The predicted molar refractivity (Wildman–Crippen MR) is 91.7 cm³/mol. The third-order valence-corrected chi connectivity index (χ3v) is 4.69. The highest BCUT2D eigenvalue weighted by Gasteiger charge is 2.37. The van der Waals surface area contributed by atoms with Crippen LogP contribution in [0.1, 0.15) is 34.7 Å². The van der Waals surface area contributed by atoms with Crippen LogP contribution in [0.5, 0.6) is 0 Å². The van der Waals surface area contributed by atoms with Crippen LogP contribution in [-0.2, 0) is 23.5 Å². The van der Waals surface area contributed by atoms with Crippen LogP contribution in [0.15, 0.2) is 48.5 Å². The average Bonchev–Trinajstić information content (AvgIpc) is 2.66. The summed E-state index contributed by atoms with van der Waals surface area (Å²) in [4.78, 5) is 0. The molecule has 0 saturated carbocycles. The summed E-state index contributed by atoms with van der Waals surface area (Å²) in [6, 6.07) is 11.0. The number of alkyl halides is 6. The first-order chi connectivity index (χ1) is 13.1. The number of ether oxygens (including phenoxy) is 1. The van der Waals surface area contributed by atoms with Gasteiger partial charge in [-0.15, -0.1) is 0 Å². The normalized spacial score (nSPS) is 20.9. The zero-order valence-corrected chi connectivity index (χ0v) is 14.8. The predicted octanol–water partition coefficient (Wildman–Crippen LogP) is 5.39. The molecule has 1 saturated heterocycles. The fourth-order valence-electron chi connectivity index (χ4n) is 3.37. The molecule has 0 bridgehead atoms. The Kier molecular flexibility index (Phi) is 6.00. The van der Waals surface area contributed by atoms with Crippen molar-refractivity contribution < 1.29 is 31.1 Å². The largest absolute Gasteiger partial charge is 0.416 e. The number of morpholine rings is 1. The van der Waals surface area contributed by atoms with Gasteiger partial charge in [0.1, 0.15) is 0 Å². The zero-order valence-electron chi connectivity index (χ0n) is 14.8. The minimum Gasteiger partial charge on any atom is -0.375 e. The summed E-state index contributed by atoms with van der Waals surface area (Å²) in [5.41, 5.74) is -1.63. The van der Waals surface area contributed by atoms with E-state index in [9.17, 15) is 26.3 Å². The first kappa shape index (κ1) is 20.7. The van der Waals surface area contributed by atoms with E-state index in [1.165, 1.54) is 0 Å². The summed E-state index contributed by atoms with van der Waals surface area (Å²) in [5, 5.41) is 3.31. The second-order valence-electron chi connectivity index (χ2n) is 6.70. The molecule has 3 rings (SSSR count). The molecule has 2 unspecified atom stereocenters. The molecular weight excluding hydrogens is 384 g/mol. The average molecular weight is 403 g/mol. The van der Waals surface area contributed by atoms with Crippen LogP contribution in [0.2, 0.25) is 0 Å². The van der Waals surface area contributed by atoms with Crippen molar-refractivity contribution in [1.29, 1.82) is 0 Å². The summed E-state index contributed by atoms with van der Waals surface area (Å²) in [7, 11) is 0. The van der Waals surface area contributed by atoms with E-state index in [4.69, 9.17) is 4.74 Å². The molecule has 152 valence electrons. The highest BCUT2D eigenvalue weighted by atomic mass is 19.4. The Morgan fingerprint density at radius 1 is 0.893 bits per heavy atom. The van der Waals surface area contributed by atoms with Gasteiger partial charge in [0.05, 0.1) is 29.9 Å². The lowest BCUT2D eigenvalue weighted by molar-refractivity contribution is -0.143. The molecule has 1 aliphatic rings. The topological polar surface area (TPSA) is 21.3 Å². The number of nitrogens with one attached hydrogen (secondary N) is 1. The molecule has 1 aliphatic heterocycles. The van der Waals surface area contributed by atoms with Crippen molar-refractivity contribution in [1.82, 2.24) is 5.32 Å². The van der Waals surface area contributed by atoms with Gasteiger partial charge in [-0.25, -0.2) is 0 Å². The molecule has 0 aliphatic carbocycles. The van der Waals surface area contributed by atoms with Gasteiger partial charge in [0.15, 0.2) is 0 Å². The molecule has 1 heterocycles. The van der Waals surface area contributed by atoms with Crippen LogP contribution >= 0.6 is 0 Å². The van der Waals surface area contributed by atoms with Crippen molar-refractivity contribution in [3.05, 3.63) is 70.8 Å². The molecule has 28 heavy (non-hydrogen) atoms. The van der Waals surface area contributed by atoms with Crippen LogP contribution in [0, 0.1) is 0 Å². The molecule has 0 spiro atoms. The van der Waals surface area contributed by atoms with Crippen molar-refractivity contribution in [3.8, 4) is 0 Å². The third kappa shape index (κ3) is 5.05. The van der Waals surface area contributed by atoms with Crippen LogP contribution in [0.4, 0.5) is 26.3 Å². The molecule has 2 nitrogen and oxygen atoms in total. The molecular formula is C20H19F6NO. The van der Waals surface area contributed by atoms with Crippen LogP contribution in [-0.4, -0.2) is 19.3 Å². The number of halogens is 6. The van der Waals surface area contributed by atoms with Gasteiger partial charge in [-0.3, -0.25) is 0 Å². The van der Waals surface area contributed by atoms with E-state index in [0.29, 0.717) is 19.6 Å². The van der Waals surface area contributed by atoms with Gasteiger partial charge >= 0.3 is 12.4 Å². The fraction of sp³-hybridized carbons (Fsp3) is 0.400. The second-order valence-corrected chi connectivity index (χ2v) is 6.70. The molecule has 2 atom stereocenters. The van der Waals surface area contributed by atoms with Crippen molar-refractivity contribution in [2.24, 2.45) is 0 Å². The SMILES string of the molecule is FC(F)(F)c1cc(CCC2OCCNC2c2ccccc2)cc(C(F)(F)F)c1. The standard InChI is InChI=1S/C20H19F6NO/c21-19(22,23)15-10-13(11-16(12-15)20(24,25)26)6-7-17-18(27-8-9-28-17)14-4-2-1-3-5-14/h1-5,10-12,17-18,27H,6-9H2. The van der Waals surface area contributed by atoms with E-state index >= 15 is 0 Å². The molecule has 0 amide bonds. The van der Waals surface area contributed by atoms with Gasteiger partial charge in [-0.2, -0.15) is 26.3 Å². The third-order valence-electron chi connectivity index (χ3n) is 4.69. The summed E-state index contributed by atoms with van der Waals surface area (Å²) in [6.45, 7) is 1.06. The maximum atomic E-state index is 13.0. The fourth-order valence-corrected chi connectivity index (χ4v) is 3.37. The highest BCUT2D eigenvalue weighted by Crippen LogP contribution is 2.37. The van der Waals surface area contributed by atoms with Gasteiger partial charge in [-0.05, 0) is 42.2 Å². The molecule has 2 aromatic rings. The zero-order chi connectivity index (χ0) is 20.4. The Bertz CT molecular complexity index is 755. The van der Waals surface area contributed by atoms with Crippen molar-refractivity contribution in [2.75, 3.05) is 13.2 Å². The lowest BCUT2D eigenvalue weighted by atomic mass is 9.94. The van der Waals surface area contributed by atoms with Gasteiger partial charge in [-0.1, -0.05) is 30.3 Å². The van der Waals surface area contributed by atoms with E-state index in [2.05, 4.69) is 5.32 Å². The Hall–Kier alpha value is -2.06. The maximum absolute atomic E-state index is 13.0. The number of hydrogen-bond acceptors (Lipinski definition) is 2. The summed E-state index contributed by atoms with van der Waals surface area (Å²) in [5.74, 6) is 0. The summed E-state index contributed by atoms with van der Waals surface area (Å²) < 4.78 is 83.8. The quantitative estimate of drug-likeness (QED) is 0.692. The van der Waals surface area contributed by atoms with Crippen molar-refractivity contribution in [2.45, 2.75) is 37.3 Å². The molecule has 1 N–H and O–H groups in total. The van der Waals surface area contributed by atoms with Crippen LogP contribution in [0.3, 0.4) is 0 Å². The lowest BCUT2D eigenvalue weighted by Gasteiger charge is -2.33. The Morgan fingerprint density at radius 3 is 2.07 bits per heavy atom. The van der Waals surface area contributed by atoms with Crippen LogP contribution in [0.25, 0.3) is 0 Å². The van der Waals surface area contributed by atoms with Crippen molar-refractivity contribution >= 4 is 0 Å². The Balaban J connectivity index is 1.81. The van der Waals surface area contributed by atoms with E-state index in [0.717, 1.165) is 17.7 Å². The molecule has 2 aromatic carbocycles. The number of rotatable bonds is 4. The highest BCUT2D eigenvalue weighted by molar-refractivity contribution is 5.34. The number of hydrogen-bond donors (Lipinski definition) is 1. The van der Waals surface area contributed by atoms with E-state index < -0.39 is 23.5 Å². The van der Waals surface area contributed by atoms with Gasteiger partial charge < -0.3 is 10.1 Å². The minimum atomic E-state index is -4.84. The Morgan fingerprint density at radius 2 is 1.50 bits per heavy atom. The molecule has 0 aromatic heterocycles. The maximum Gasteiger partial charge on any atom is 0.416 e. The van der Waals surface area contributed by atoms with E-state index in [1.54, 1.807) is 0 Å². The first-order valence-electron chi connectivity index (χ1n) is 8.83. The molecule has 0 radical (unpaired) electrons. The summed E-state index contributed by atoms with van der Waals surface area (Å²) >= 11 is 0. The number of aryl methyl sites for hydroxylation is 1. The smallest absolute Gasteiger partial charge is 0.375 e. The second kappa shape index (κ2) is 8.13. The number of benzene rings is 2. The Labute approximate surface area is 158 Å². The van der Waals surface area contributed by atoms with E-state index in [1.807, 2.05) is 30.3 Å². The van der Waals surface area contributed by atoms with E-state index in [-0.39, 0.29) is 30.2 Å². The van der Waals surface area contributed by atoms with Gasteiger partial charge in [0.2, 0.25) is 0 Å². The minimum absolute atomic E-state index is 0.0110. The van der Waals surface area contributed by atoms with Crippen LogP contribution < -0.4 is 5.32 Å². The lowest BCUT2D eigenvalue weighted by Crippen LogP contribution is -2.42. The van der Waals surface area contributed by atoms with Gasteiger partial charge in [0, 0.05) is 6.54 Å². The first-order valence-corrected chi connectivity index (χ1v) is 8.83. The summed E-state index contributed by atoms with van der Waals surface area (Å²) in [6.07, 6.45) is -9.69. The van der Waals surface area contributed by atoms with Gasteiger partial charge in [0.25, 0.3) is 0 Å². The van der Waals surface area contributed by atoms with Crippen molar-refractivity contribution in [3.63, 3.8) is 0 Å². The monoisotopic (exact) mass is 403 g/mol. The molecule has 8 heteroatoms. The molecule has 1 fully saturated rings.